The van der Waals surface area contributed by atoms with Gasteiger partial charge in [0.2, 0.25) is 10.0 Å². The van der Waals surface area contributed by atoms with E-state index in [9.17, 15) is 26.4 Å². The summed E-state index contributed by atoms with van der Waals surface area (Å²) >= 11 is 0. The zero-order valence-electron chi connectivity index (χ0n) is 11.9. The van der Waals surface area contributed by atoms with Crippen LogP contribution in [-0.4, -0.2) is 51.3 Å². The molecule has 7 nitrogen and oxygen atoms in total. The molecule has 1 saturated carbocycles. The molecule has 128 valence electrons. The van der Waals surface area contributed by atoms with E-state index in [0.717, 1.165) is 8.87 Å². The number of hydrogen-bond donors (Lipinski definition) is 1. The molecule has 2 heterocycles. The highest BCUT2D eigenvalue weighted by molar-refractivity contribution is 7.89. The lowest BCUT2D eigenvalue weighted by molar-refractivity contribution is 0.0669. The van der Waals surface area contributed by atoms with Crippen LogP contribution in [-0.2, 0) is 23.1 Å². The maximum absolute atomic E-state index is 13.7. The van der Waals surface area contributed by atoms with Gasteiger partial charge in [0, 0.05) is 13.1 Å². The lowest BCUT2D eigenvalue weighted by Crippen LogP contribution is -2.42. The number of nitrogens with zero attached hydrogens (tertiary/aromatic N) is 3. The summed E-state index contributed by atoms with van der Waals surface area (Å²) in [5.41, 5.74) is -3.21. The minimum atomic E-state index is -3.90. The monoisotopic (exact) mass is 353 g/mol. The van der Waals surface area contributed by atoms with Crippen LogP contribution in [0.3, 0.4) is 0 Å². The molecule has 0 amide bonds. The molecular weight excluding hydrogens is 339 g/mol. The molecule has 0 bridgehead atoms. The van der Waals surface area contributed by atoms with E-state index in [-0.39, 0.29) is 38.3 Å². The van der Waals surface area contributed by atoms with Gasteiger partial charge in [-0.15, -0.1) is 0 Å². The third-order valence-electron chi connectivity index (χ3n) is 4.00. The van der Waals surface area contributed by atoms with E-state index < -0.39 is 45.2 Å². The summed E-state index contributed by atoms with van der Waals surface area (Å²) in [6.07, 6.45) is -2.70. The standard InChI is InChI=1S/C12H14F3N3O4S/c13-10(14)8-9(11(19)20)18-4-3-17(5-7(18)16-8)23(21,22)6-12(15)1-2-12/h10H,1-6H2,(H,19,20). The van der Waals surface area contributed by atoms with Crippen molar-refractivity contribution < 1.29 is 31.5 Å². The molecule has 0 radical (unpaired) electrons. The zero-order valence-corrected chi connectivity index (χ0v) is 12.7. The van der Waals surface area contributed by atoms with Gasteiger partial charge in [-0.1, -0.05) is 0 Å². The van der Waals surface area contributed by atoms with Crippen molar-refractivity contribution in [2.45, 2.75) is 38.0 Å². The van der Waals surface area contributed by atoms with Crippen molar-refractivity contribution in [2.24, 2.45) is 0 Å². The Bertz CT molecular complexity index is 758. The van der Waals surface area contributed by atoms with Crippen molar-refractivity contribution in [3.05, 3.63) is 17.2 Å². The Hall–Kier alpha value is -1.62. The van der Waals surface area contributed by atoms with Crippen molar-refractivity contribution in [1.29, 1.82) is 0 Å². The van der Waals surface area contributed by atoms with Gasteiger partial charge in [-0.25, -0.2) is 31.4 Å². The molecule has 0 aromatic carbocycles. The Balaban J connectivity index is 1.89. The summed E-state index contributed by atoms with van der Waals surface area (Å²) in [4.78, 5) is 14.7. The van der Waals surface area contributed by atoms with Crippen molar-refractivity contribution in [1.82, 2.24) is 13.9 Å². The number of carbonyl (C=O) groups is 1. The first-order valence-electron chi connectivity index (χ1n) is 6.90. The van der Waals surface area contributed by atoms with E-state index in [0.29, 0.717) is 0 Å². The van der Waals surface area contributed by atoms with Gasteiger partial charge < -0.3 is 9.67 Å². The maximum Gasteiger partial charge on any atom is 0.354 e. The number of hydrogen-bond acceptors (Lipinski definition) is 4. The number of carboxylic acids is 1. The van der Waals surface area contributed by atoms with Crippen LogP contribution in [0.2, 0.25) is 0 Å². The smallest absolute Gasteiger partial charge is 0.354 e. The van der Waals surface area contributed by atoms with Crippen LogP contribution in [0.4, 0.5) is 13.2 Å². The van der Waals surface area contributed by atoms with Crippen molar-refractivity contribution in [3.63, 3.8) is 0 Å². The highest BCUT2D eigenvalue weighted by Gasteiger charge is 2.48. The molecule has 11 heteroatoms. The highest BCUT2D eigenvalue weighted by Crippen LogP contribution is 2.41. The summed E-state index contributed by atoms with van der Waals surface area (Å²) in [6.45, 7) is -0.564. The summed E-state index contributed by atoms with van der Waals surface area (Å²) in [5.74, 6) is -2.26. The van der Waals surface area contributed by atoms with Crippen molar-refractivity contribution in [3.8, 4) is 0 Å². The fourth-order valence-corrected chi connectivity index (χ4v) is 4.44. The number of rotatable bonds is 5. The molecular formula is C12H14F3N3O4S. The quantitative estimate of drug-likeness (QED) is 0.858. The van der Waals surface area contributed by atoms with Crippen LogP contribution in [0, 0.1) is 0 Å². The summed E-state index contributed by atoms with van der Waals surface area (Å²) < 4.78 is 66.0. The first kappa shape index (κ1) is 16.2. The molecule has 1 aliphatic heterocycles. The van der Waals surface area contributed by atoms with Gasteiger partial charge in [-0.2, -0.15) is 4.31 Å². The van der Waals surface area contributed by atoms with Crippen LogP contribution in [0.5, 0.6) is 0 Å². The van der Waals surface area contributed by atoms with Gasteiger partial charge in [0.25, 0.3) is 6.43 Å². The van der Waals surface area contributed by atoms with Crippen LogP contribution in [0.25, 0.3) is 0 Å². The van der Waals surface area contributed by atoms with Crippen LogP contribution in [0.1, 0.15) is 41.3 Å². The first-order valence-corrected chi connectivity index (χ1v) is 8.51. The van der Waals surface area contributed by atoms with Crippen LogP contribution < -0.4 is 0 Å². The third-order valence-corrected chi connectivity index (χ3v) is 5.98. The second kappa shape index (κ2) is 5.20. The minimum Gasteiger partial charge on any atom is -0.477 e. The normalized spacial score (nSPS) is 20.5. The first-order chi connectivity index (χ1) is 10.6. The fourth-order valence-electron chi connectivity index (χ4n) is 2.64. The van der Waals surface area contributed by atoms with Gasteiger partial charge in [0.05, 0.1) is 12.3 Å². The molecule has 23 heavy (non-hydrogen) atoms. The fraction of sp³-hybridized carbons (Fsp3) is 0.667. The van der Waals surface area contributed by atoms with E-state index >= 15 is 0 Å². The van der Waals surface area contributed by atoms with Gasteiger partial charge in [-0.3, -0.25) is 0 Å². The van der Waals surface area contributed by atoms with E-state index in [1.165, 1.54) is 0 Å². The Morgan fingerprint density at radius 1 is 1.35 bits per heavy atom. The number of alkyl halides is 3. The summed E-state index contributed by atoms with van der Waals surface area (Å²) in [5, 5.41) is 9.07. The number of fused-ring (bicyclic) bond motifs is 1. The number of carboxylic acid groups (broad SMARTS) is 1. The molecule has 1 N–H and O–H groups in total. The number of aromatic carboxylic acids is 1. The number of halogens is 3. The molecule has 1 fully saturated rings. The Labute approximate surface area is 129 Å². The van der Waals surface area contributed by atoms with E-state index in [1.54, 1.807) is 0 Å². The van der Waals surface area contributed by atoms with Crippen LogP contribution >= 0.6 is 0 Å². The number of imidazole rings is 1. The van der Waals surface area contributed by atoms with E-state index in [2.05, 4.69) is 4.98 Å². The van der Waals surface area contributed by atoms with E-state index in [1.807, 2.05) is 0 Å². The summed E-state index contributed by atoms with van der Waals surface area (Å²) in [6, 6.07) is 0. The van der Waals surface area contributed by atoms with Gasteiger partial charge in [0.15, 0.2) is 5.69 Å². The molecule has 3 rings (SSSR count). The second-order valence-electron chi connectivity index (χ2n) is 5.76. The summed E-state index contributed by atoms with van der Waals surface area (Å²) in [7, 11) is -3.90. The molecule has 0 atom stereocenters. The molecule has 1 aromatic heterocycles. The third kappa shape index (κ3) is 2.94. The molecule has 0 spiro atoms. The lowest BCUT2D eigenvalue weighted by Gasteiger charge is -2.27. The molecule has 1 aromatic rings. The average Bonchev–Trinajstić information content (AvgIpc) is 3.02. The topological polar surface area (TPSA) is 92.5 Å². The molecule has 0 saturated heterocycles. The largest absolute Gasteiger partial charge is 0.477 e. The van der Waals surface area contributed by atoms with Gasteiger partial charge in [-0.05, 0) is 12.8 Å². The van der Waals surface area contributed by atoms with Crippen molar-refractivity contribution in [2.75, 3.05) is 12.3 Å². The zero-order chi connectivity index (χ0) is 17.0. The second-order valence-corrected chi connectivity index (χ2v) is 7.73. The highest BCUT2D eigenvalue weighted by atomic mass is 32.2. The SMILES string of the molecule is O=C(O)c1c(C(F)F)nc2n1CCN(S(=O)(=O)CC1(F)CC1)C2. The number of aromatic nitrogens is 2. The molecule has 0 unspecified atom stereocenters. The predicted molar refractivity (Wildman–Crippen MR) is 71.4 cm³/mol. The molecule has 1 aliphatic carbocycles. The van der Waals surface area contributed by atoms with Gasteiger partial charge >= 0.3 is 5.97 Å². The van der Waals surface area contributed by atoms with E-state index in [4.69, 9.17) is 5.11 Å². The predicted octanol–water partition coefficient (Wildman–Crippen LogP) is 1.17. The Kier molecular flexibility index (Phi) is 3.67. The maximum atomic E-state index is 13.7. The average molecular weight is 353 g/mol. The minimum absolute atomic E-state index is 0.0729. The van der Waals surface area contributed by atoms with Crippen molar-refractivity contribution >= 4 is 16.0 Å². The van der Waals surface area contributed by atoms with Gasteiger partial charge in [0.1, 0.15) is 17.2 Å². The lowest BCUT2D eigenvalue weighted by atomic mass is 10.3. The van der Waals surface area contributed by atoms with Crippen LogP contribution in [0.15, 0.2) is 0 Å². The Morgan fingerprint density at radius 3 is 2.52 bits per heavy atom. The number of sulfonamides is 1. The molecule has 2 aliphatic rings. The Morgan fingerprint density at radius 2 is 2.00 bits per heavy atom.